The number of amides is 1. The van der Waals surface area contributed by atoms with Crippen molar-refractivity contribution >= 4 is 38.5 Å². The summed E-state index contributed by atoms with van der Waals surface area (Å²) in [4.78, 5) is 17.9. The number of aromatic nitrogens is 2. The van der Waals surface area contributed by atoms with Crippen LogP contribution < -0.4 is 14.8 Å². The van der Waals surface area contributed by atoms with Crippen molar-refractivity contribution in [2.24, 2.45) is 0 Å². The van der Waals surface area contributed by atoms with Crippen LogP contribution in [-0.2, 0) is 10.0 Å². The topological polar surface area (TPSA) is 113 Å². The van der Waals surface area contributed by atoms with Gasteiger partial charge in [-0.15, -0.1) is 0 Å². The van der Waals surface area contributed by atoms with E-state index >= 15 is 0 Å². The van der Waals surface area contributed by atoms with Crippen LogP contribution in [0.4, 0.5) is 33.7 Å². The standard InChI is InChI=1S/C20H12F4N4O4S/c21-11-1-2-13(22)16(8-11)33(30,31)28-15-4-3-14(23)18(17(15)24)27-20(29)32-12-7-10-5-6-25-19(10)26-9-12/h1-9,28H,(H,25,26)(H,27,29). The van der Waals surface area contributed by atoms with E-state index < -0.39 is 55.7 Å². The number of sulfonamides is 1. The summed E-state index contributed by atoms with van der Waals surface area (Å²) in [6, 6.07) is 6.14. The zero-order valence-electron chi connectivity index (χ0n) is 16.2. The molecule has 0 bridgehead atoms. The lowest BCUT2D eigenvalue weighted by atomic mass is 10.2. The van der Waals surface area contributed by atoms with Crippen LogP contribution in [-0.4, -0.2) is 24.5 Å². The Hall–Kier alpha value is -4.13. The molecule has 170 valence electrons. The molecule has 4 rings (SSSR count). The predicted molar refractivity (Wildman–Crippen MR) is 109 cm³/mol. The molecule has 0 aliphatic heterocycles. The molecule has 2 aromatic heterocycles. The van der Waals surface area contributed by atoms with Gasteiger partial charge in [-0.3, -0.25) is 10.0 Å². The molecule has 0 unspecified atom stereocenters. The van der Waals surface area contributed by atoms with Gasteiger partial charge in [-0.1, -0.05) is 0 Å². The Morgan fingerprint density at radius 2 is 1.76 bits per heavy atom. The van der Waals surface area contributed by atoms with E-state index in [4.69, 9.17) is 4.74 Å². The second-order valence-corrected chi connectivity index (χ2v) is 8.22. The fourth-order valence-corrected chi connectivity index (χ4v) is 3.99. The maximum Gasteiger partial charge on any atom is 0.417 e. The molecule has 0 spiro atoms. The highest BCUT2D eigenvalue weighted by atomic mass is 32.2. The zero-order valence-corrected chi connectivity index (χ0v) is 17.0. The zero-order chi connectivity index (χ0) is 23.8. The number of carbonyl (C=O) groups excluding carboxylic acids is 1. The van der Waals surface area contributed by atoms with Crippen LogP contribution >= 0.6 is 0 Å². The summed E-state index contributed by atoms with van der Waals surface area (Å²) in [7, 11) is -4.79. The highest BCUT2D eigenvalue weighted by Crippen LogP contribution is 2.29. The van der Waals surface area contributed by atoms with Crippen molar-refractivity contribution in [3.05, 3.63) is 78.1 Å². The molecule has 2 aromatic carbocycles. The van der Waals surface area contributed by atoms with Crippen LogP contribution in [0.1, 0.15) is 0 Å². The Morgan fingerprint density at radius 3 is 2.55 bits per heavy atom. The van der Waals surface area contributed by atoms with Gasteiger partial charge in [-0.2, -0.15) is 0 Å². The van der Waals surface area contributed by atoms with Gasteiger partial charge in [0.25, 0.3) is 10.0 Å². The Labute approximate surface area is 183 Å². The summed E-state index contributed by atoms with van der Waals surface area (Å²) in [5.74, 6) is -5.14. The summed E-state index contributed by atoms with van der Waals surface area (Å²) < 4.78 is 87.6. The van der Waals surface area contributed by atoms with Crippen LogP contribution in [0.3, 0.4) is 0 Å². The minimum atomic E-state index is -4.79. The number of pyridine rings is 1. The lowest BCUT2D eigenvalue weighted by Gasteiger charge is -2.13. The van der Waals surface area contributed by atoms with Gasteiger partial charge in [0.15, 0.2) is 11.6 Å². The van der Waals surface area contributed by atoms with Crippen molar-refractivity contribution in [1.82, 2.24) is 9.97 Å². The van der Waals surface area contributed by atoms with Gasteiger partial charge < -0.3 is 9.72 Å². The van der Waals surface area contributed by atoms with Crippen LogP contribution in [0.5, 0.6) is 5.75 Å². The lowest BCUT2D eigenvalue weighted by molar-refractivity contribution is 0.215. The molecule has 0 aliphatic carbocycles. The first kappa shape index (κ1) is 22.1. The second-order valence-electron chi connectivity index (χ2n) is 6.57. The second kappa shape index (κ2) is 8.43. The largest absolute Gasteiger partial charge is 0.417 e. The first-order valence-corrected chi connectivity index (χ1v) is 10.5. The Morgan fingerprint density at radius 1 is 1.00 bits per heavy atom. The monoisotopic (exact) mass is 480 g/mol. The third-order valence-corrected chi connectivity index (χ3v) is 5.71. The maximum atomic E-state index is 14.8. The van der Waals surface area contributed by atoms with E-state index in [1.165, 1.54) is 12.3 Å². The molecule has 8 nitrogen and oxygen atoms in total. The van der Waals surface area contributed by atoms with E-state index in [0.29, 0.717) is 41.4 Å². The van der Waals surface area contributed by atoms with Gasteiger partial charge in [0.2, 0.25) is 0 Å². The van der Waals surface area contributed by atoms with Gasteiger partial charge in [0.05, 0.1) is 11.9 Å². The quantitative estimate of drug-likeness (QED) is 0.363. The number of nitrogens with one attached hydrogen (secondary N) is 3. The molecule has 13 heteroatoms. The van der Waals surface area contributed by atoms with Gasteiger partial charge in [0, 0.05) is 11.6 Å². The van der Waals surface area contributed by atoms with Gasteiger partial charge in [-0.25, -0.2) is 35.8 Å². The molecular formula is C20H12F4N4O4S. The molecule has 33 heavy (non-hydrogen) atoms. The number of nitrogens with zero attached hydrogens (tertiary/aromatic N) is 1. The van der Waals surface area contributed by atoms with Crippen LogP contribution in [0.2, 0.25) is 0 Å². The van der Waals surface area contributed by atoms with Crippen molar-refractivity contribution in [1.29, 1.82) is 0 Å². The molecular weight excluding hydrogens is 468 g/mol. The number of fused-ring (bicyclic) bond motifs is 1. The van der Waals surface area contributed by atoms with Gasteiger partial charge in [0.1, 0.15) is 33.7 Å². The minimum absolute atomic E-state index is 0.0288. The highest BCUT2D eigenvalue weighted by Gasteiger charge is 2.24. The summed E-state index contributed by atoms with van der Waals surface area (Å²) in [6.07, 6.45) is 1.51. The van der Waals surface area contributed by atoms with Crippen LogP contribution in [0, 0.1) is 23.3 Å². The van der Waals surface area contributed by atoms with Crippen LogP contribution in [0.15, 0.2) is 59.8 Å². The van der Waals surface area contributed by atoms with E-state index in [0.717, 1.165) is 0 Å². The molecule has 0 fully saturated rings. The van der Waals surface area contributed by atoms with Crippen molar-refractivity contribution in [2.75, 3.05) is 10.0 Å². The first-order chi connectivity index (χ1) is 15.6. The van der Waals surface area contributed by atoms with Crippen molar-refractivity contribution in [3.63, 3.8) is 0 Å². The number of hydrogen-bond donors (Lipinski definition) is 3. The first-order valence-electron chi connectivity index (χ1n) is 9.02. The SMILES string of the molecule is O=C(Nc1c(F)ccc(NS(=O)(=O)c2cc(F)ccc2F)c1F)Oc1cnc2[nH]ccc2c1. The molecule has 0 saturated heterocycles. The lowest BCUT2D eigenvalue weighted by Crippen LogP contribution is -2.20. The fraction of sp³-hybridized carbons (Fsp3) is 0. The molecule has 0 aliphatic rings. The molecule has 0 radical (unpaired) electrons. The number of rotatable bonds is 5. The maximum absolute atomic E-state index is 14.8. The third-order valence-electron chi connectivity index (χ3n) is 4.33. The van der Waals surface area contributed by atoms with Crippen molar-refractivity contribution in [3.8, 4) is 5.75 Å². The number of hydrogen-bond acceptors (Lipinski definition) is 5. The molecule has 0 saturated carbocycles. The highest BCUT2D eigenvalue weighted by molar-refractivity contribution is 7.92. The van der Waals surface area contributed by atoms with Gasteiger partial charge in [-0.05, 0) is 42.5 Å². The minimum Gasteiger partial charge on any atom is -0.408 e. The van der Waals surface area contributed by atoms with E-state index in [1.54, 1.807) is 17.0 Å². The van der Waals surface area contributed by atoms with Crippen LogP contribution in [0.25, 0.3) is 11.0 Å². The van der Waals surface area contributed by atoms with E-state index in [2.05, 4.69) is 9.97 Å². The van der Waals surface area contributed by atoms with E-state index in [1.807, 2.05) is 5.32 Å². The average Bonchev–Trinajstić information content (AvgIpc) is 3.22. The average molecular weight is 480 g/mol. The smallest absolute Gasteiger partial charge is 0.408 e. The number of halogens is 4. The summed E-state index contributed by atoms with van der Waals surface area (Å²) in [6.45, 7) is 0. The normalized spacial score (nSPS) is 11.4. The number of aromatic amines is 1. The third kappa shape index (κ3) is 4.57. The molecule has 1 amide bonds. The summed E-state index contributed by atoms with van der Waals surface area (Å²) in [5.41, 5.74) is -1.34. The molecule has 4 aromatic rings. The molecule has 2 heterocycles. The summed E-state index contributed by atoms with van der Waals surface area (Å²) in [5, 5.41) is 2.45. The summed E-state index contributed by atoms with van der Waals surface area (Å²) >= 11 is 0. The molecule has 0 atom stereocenters. The predicted octanol–water partition coefficient (Wildman–Crippen LogP) is 4.53. The fourth-order valence-electron chi connectivity index (χ4n) is 2.84. The van der Waals surface area contributed by atoms with Gasteiger partial charge >= 0.3 is 6.09 Å². The Kier molecular flexibility index (Phi) is 5.64. The Balaban J connectivity index is 1.57. The van der Waals surface area contributed by atoms with E-state index in [-0.39, 0.29) is 5.75 Å². The molecule has 3 N–H and O–H groups in total. The number of carbonyl (C=O) groups is 1. The van der Waals surface area contributed by atoms with Crippen molar-refractivity contribution < 1.29 is 35.5 Å². The Bertz CT molecular complexity index is 1490. The van der Waals surface area contributed by atoms with Crippen molar-refractivity contribution in [2.45, 2.75) is 4.90 Å². The van der Waals surface area contributed by atoms with E-state index in [9.17, 15) is 30.8 Å². The number of anilines is 2. The number of benzene rings is 2. The number of ether oxygens (including phenoxy) is 1. The number of H-pyrrole nitrogens is 1.